The Labute approximate surface area is 176 Å². The third-order valence-corrected chi connectivity index (χ3v) is 6.64. The Bertz CT molecular complexity index is 1140. The summed E-state index contributed by atoms with van der Waals surface area (Å²) in [6.45, 7) is 3.65. The average Bonchev–Trinajstić information content (AvgIpc) is 3.10. The summed E-state index contributed by atoms with van der Waals surface area (Å²) in [4.78, 5) is 4.57. The second kappa shape index (κ2) is 7.78. The van der Waals surface area contributed by atoms with E-state index in [4.69, 9.17) is 10.3 Å². The Morgan fingerprint density at radius 1 is 1.14 bits per heavy atom. The van der Waals surface area contributed by atoms with Crippen LogP contribution in [-0.2, 0) is 15.6 Å². The summed E-state index contributed by atoms with van der Waals surface area (Å²) in [6.07, 6.45) is 2.68. The molecule has 0 spiro atoms. The number of aromatic nitrogens is 2. The van der Waals surface area contributed by atoms with Crippen molar-refractivity contribution >= 4 is 28.1 Å². The van der Waals surface area contributed by atoms with E-state index >= 15 is 0 Å². The van der Waals surface area contributed by atoms with Crippen molar-refractivity contribution in [2.75, 3.05) is 4.72 Å². The van der Waals surface area contributed by atoms with Crippen molar-refractivity contribution in [2.45, 2.75) is 43.5 Å². The highest BCUT2D eigenvalue weighted by Gasteiger charge is 2.39. The topological polar surface area (TPSA) is 111 Å². The first-order valence-electron chi connectivity index (χ1n) is 9.10. The minimum atomic E-state index is -3.77. The van der Waals surface area contributed by atoms with E-state index < -0.39 is 15.6 Å². The summed E-state index contributed by atoms with van der Waals surface area (Å²) >= 11 is 0. The maximum absolute atomic E-state index is 12.9. The minimum Gasteiger partial charge on any atom is -0.334 e. The van der Waals surface area contributed by atoms with E-state index in [0.29, 0.717) is 22.6 Å². The maximum Gasteiger partial charge on any atom is 0.262 e. The number of hydrogen-bond acceptors (Lipinski definition) is 6. The first-order valence-corrected chi connectivity index (χ1v) is 10.6. The Morgan fingerprint density at radius 2 is 1.90 bits per heavy atom. The number of sulfonamides is 1. The number of benzene rings is 2. The lowest BCUT2D eigenvalue weighted by molar-refractivity contribution is 0.229. The van der Waals surface area contributed by atoms with Gasteiger partial charge in [0.2, 0.25) is 0 Å². The average molecular weight is 435 g/mol. The van der Waals surface area contributed by atoms with Gasteiger partial charge in [0, 0.05) is 11.3 Å². The fraction of sp³-hybridized carbons (Fsp3) is 0.300. The van der Waals surface area contributed by atoms with E-state index in [9.17, 15) is 8.42 Å². The predicted octanol–water partition coefficient (Wildman–Crippen LogP) is 3.91. The number of rotatable bonds is 5. The van der Waals surface area contributed by atoms with Crippen LogP contribution >= 0.6 is 12.4 Å². The van der Waals surface area contributed by atoms with Crippen LogP contribution in [-0.4, -0.2) is 18.6 Å². The van der Waals surface area contributed by atoms with Gasteiger partial charge in [0.05, 0.1) is 10.4 Å². The molecule has 0 amide bonds. The zero-order valence-corrected chi connectivity index (χ0v) is 17.8. The van der Waals surface area contributed by atoms with Crippen LogP contribution in [0.4, 0.5) is 5.69 Å². The zero-order chi connectivity index (χ0) is 19.9. The molecular formula is C20H23ClN4O3S. The number of aryl methyl sites for hydroxylation is 2. The molecule has 0 saturated heterocycles. The summed E-state index contributed by atoms with van der Waals surface area (Å²) in [5, 5.41) is 4.00. The van der Waals surface area contributed by atoms with Gasteiger partial charge in [0.25, 0.3) is 15.9 Å². The molecule has 0 radical (unpaired) electrons. The molecule has 3 N–H and O–H groups in total. The van der Waals surface area contributed by atoms with Gasteiger partial charge in [-0.2, -0.15) is 4.98 Å². The molecule has 1 saturated carbocycles. The van der Waals surface area contributed by atoms with Crippen molar-refractivity contribution in [1.29, 1.82) is 0 Å². The quantitative estimate of drug-likeness (QED) is 0.629. The number of hydrogen-bond donors (Lipinski definition) is 2. The Morgan fingerprint density at radius 3 is 2.55 bits per heavy atom. The smallest absolute Gasteiger partial charge is 0.262 e. The summed E-state index contributed by atoms with van der Waals surface area (Å²) in [7, 11) is -3.77. The normalized spacial score (nSPS) is 15.3. The van der Waals surface area contributed by atoms with E-state index in [1.807, 2.05) is 13.0 Å². The fourth-order valence-electron chi connectivity index (χ4n) is 3.27. The van der Waals surface area contributed by atoms with Crippen LogP contribution in [0.25, 0.3) is 11.5 Å². The van der Waals surface area contributed by atoms with E-state index in [0.717, 1.165) is 24.8 Å². The van der Waals surface area contributed by atoms with Gasteiger partial charge in [0.15, 0.2) is 5.82 Å². The third kappa shape index (κ3) is 4.14. The van der Waals surface area contributed by atoms with Crippen molar-refractivity contribution in [2.24, 2.45) is 5.73 Å². The SMILES string of the molecule is Cc1cccc(NS(=O)(=O)c2cc(-c3nc(C4(N)CCC4)no3)ccc2C)c1.Cl. The van der Waals surface area contributed by atoms with Gasteiger partial charge in [-0.25, -0.2) is 8.42 Å². The number of nitrogens with one attached hydrogen (secondary N) is 1. The molecule has 2 aromatic carbocycles. The highest BCUT2D eigenvalue weighted by Crippen LogP contribution is 2.38. The minimum absolute atomic E-state index is 0. The number of anilines is 1. The van der Waals surface area contributed by atoms with E-state index in [1.54, 1.807) is 43.3 Å². The van der Waals surface area contributed by atoms with Crippen molar-refractivity contribution < 1.29 is 12.9 Å². The Kier molecular flexibility index (Phi) is 5.71. The summed E-state index contributed by atoms with van der Waals surface area (Å²) in [5.74, 6) is 0.732. The van der Waals surface area contributed by atoms with Gasteiger partial charge in [-0.15, -0.1) is 12.4 Å². The van der Waals surface area contributed by atoms with Crippen molar-refractivity contribution in [1.82, 2.24) is 10.1 Å². The second-order valence-electron chi connectivity index (χ2n) is 7.39. The van der Waals surface area contributed by atoms with Gasteiger partial charge in [-0.1, -0.05) is 23.4 Å². The molecule has 0 atom stereocenters. The molecule has 3 aromatic rings. The van der Waals surface area contributed by atoms with Crippen LogP contribution in [0.2, 0.25) is 0 Å². The van der Waals surface area contributed by atoms with Crippen LogP contribution in [0.15, 0.2) is 51.9 Å². The highest BCUT2D eigenvalue weighted by atomic mass is 35.5. The Balaban J connectivity index is 0.00000240. The van der Waals surface area contributed by atoms with Crippen molar-refractivity contribution in [3.05, 3.63) is 59.4 Å². The van der Waals surface area contributed by atoms with E-state index in [1.165, 1.54) is 0 Å². The summed E-state index contributed by atoms with van der Waals surface area (Å²) in [5.41, 5.74) is 8.36. The summed E-state index contributed by atoms with van der Waals surface area (Å²) < 4.78 is 33.9. The monoisotopic (exact) mass is 434 g/mol. The predicted molar refractivity (Wildman–Crippen MR) is 113 cm³/mol. The number of nitrogens with two attached hydrogens (primary N) is 1. The third-order valence-electron chi connectivity index (χ3n) is 5.11. The Hall–Kier alpha value is -2.42. The second-order valence-corrected chi connectivity index (χ2v) is 9.04. The summed E-state index contributed by atoms with van der Waals surface area (Å²) in [6, 6.07) is 12.2. The number of halogens is 1. The lowest BCUT2D eigenvalue weighted by Crippen LogP contribution is -2.44. The molecule has 154 valence electrons. The molecule has 7 nitrogen and oxygen atoms in total. The van der Waals surface area contributed by atoms with Gasteiger partial charge in [-0.05, 0) is 68.5 Å². The zero-order valence-electron chi connectivity index (χ0n) is 16.2. The molecule has 9 heteroatoms. The molecule has 1 heterocycles. The molecule has 0 unspecified atom stereocenters. The molecule has 1 aliphatic rings. The standard InChI is InChI=1S/C20H22N4O3S.ClH/c1-13-5-3-6-16(11-13)24-28(25,26)17-12-15(8-7-14(17)2)18-22-19(23-27-18)20(21)9-4-10-20;/h3,5-8,11-12,24H,4,9-10,21H2,1-2H3;1H. The van der Waals surface area contributed by atoms with Gasteiger partial charge in [-0.3, -0.25) is 4.72 Å². The lowest BCUT2D eigenvalue weighted by Gasteiger charge is -2.34. The maximum atomic E-state index is 12.9. The molecular weight excluding hydrogens is 412 g/mol. The largest absolute Gasteiger partial charge is 0.334 e. The van der Waals surface area contributed by atoms with Gasteiger partial charge < -0.3 is 10.3 Å². The molecule has 1 aliphatic carbocycles. The molecule has 0 aliphatic heterocycles. The van der Waals surface area contributed by atoms with Crippen LogP contribution in [0.3, 0.4) is 0 Å². The fourth-order valence-corrected chi connectivity index (χ4v) is 4.59. The van der Waals surface area contributed by atoms with E-state index in [-0.39, 0.29) is 23.2 Å². The highest BCUT2D eigenvalue weighted by molar-refractivity contribution is 7.92. The van der Waals surface area contributed by atoms with Crippen LogP contribution < -0.4 is 10.5 Å². The lowest BCUT2D eigenvalue weighted by atomic mass is 9.77. The van der Waals surface area contributed by atoms with Crippen LogP contribution in [0.1, 0.15) is 36.2 Å². The molecule has 29 heavy (non-hydrogen) atoms. The molecule has 0 bridgehead atoms. The van der Waals surface area contributed by atoms with Crippen LogP contribution in [0, 0.1) is 13.8 Å². The molecule has 1 fully saturated rings. The van der Waals surface area contributed by atoms with Gasteiger partial charge in [0.1, 0.15) is 0 Å². The van der Waals surface area contributed by atoms with E-state index in [2.05, 4.69) is 14.9 Å². The van der Waals surface area contributed by atoms with Crippen molar-refractivity contribution in [3.63, 3.8) is 0 Å². The first kappa shape index (κ1) is 21.3. The van der Waals surface area contributed by atoms with Crippen molar-refractivity contribution in [3.8, 4) is 11.5 Å². The molecule has 4 rings (SSSR count). The molecule has 1 aromatic heterocycles. The van der Waals surface area contributed by atoms with Crippen LogP contribution in [0.5, 0.6) is 0 Å². The van der Waals surface area contributed by atoms with Gasteiger partial charge >= 0.3 is 0 Å². The first-order chi connectivity index (χ1) is 13.3. The number of nitrogens with zero attached hydrogens (tertiary/aromatic N) is 2.